The maximum absolute atomic E-state index is 12.3. The first kappa shape index (κ1) is 19.4. The summed E-state index contributed by atoms with van der Waals surface area (Å²) in [5, 5.41) is -0.414. The van der Waals surface area contributed by atoms with Gasteiger partial charge in [-0.2, -0.15) is 0 Å². The molecule has 3 rings (SSSR count). The van der Waals surface area contributed by atoms with Crippen LogP contribution in [0.1, 0.15) is 24.0 Å². The third-order valence-electron chi connectivity index (χ3n) is 4.90. The lowest BCUT2D eigenvalue weighted by Crippen LogP contribution is -2.31. The van der Waals surface area contributed by atoms with Crippen LogP contribution < -0.4 is 4.74 Å². The van der Waals surface area contributed by atoms with E-state index in [1.54, 1.807) is 4.90 Å². The molecule has 1 fully saturated rings. The van der Waals surface area contributed by atoms with Crippen molar-refractivity contribution in [1.29, 1.82) is 0 Å². The molecule has 2 aromatic rings. The fraction of sp³-hybridized carbons (Fsp3) is 0.381. The van der Waals surface area contributed by atoms with Gasteiger partial charge in [-0.05, 0) is 36.1 Å². The number of amides is 1. The Hall–Kier alpha value is -2.34. The van der Waals surface area contributed by atoms with E-state index in [0.717, 1.165) is 16.9 Å². The van der Waals surface area contributed by atoms with Crippen LogP contribution in [0, 0.1) is 0 Å². The van der Waals surface area contributed by atoms with Crippen LogP contribution in [0.4, 0.5) is 0 Å². The summed E-state index contributed by atoms with van der Waals surface area (Å²) in [6.07, 6.45) is 2.81. The average Bonchev–Trinajstić information content (AvgIpc) is 3.17. The van der Waals surface area contributed by atoms with Gasteiger partial charge < -0.3 is 9.64 Å². The highest BCUT2D eigenvalue weighted by Crippen LogP contribution is 2.19. The van der Waals surface area contributed by atoms with E-state index >= 15 is 0 Å². The summed E-state index contributed by atoms with van der Waals surface area (Å²) in [5.41, 5.74) is 2.18. The summed E-state index contributed by atoms with van der Waals surface area (Å²) in [5.74, 6) is 0.815. The molecule has 0 aromatic heterocycles. The summed E-state index contributed by atoms with van der Waals surface area (Å²) in [7, 11) is -3.07. The second-order valence-electron chi connectivity index (χ2n) is 7.00. The third kappa shape index (κ3) is 5.57. The highest BCUT2D eigenvalue weighted by molar-refractivity contribution is 7.91. The van der Waals surface area contributed by atoms with Crippen LogP contribution in [0.25, 0.3) is 0 Å². The second kappa shape index (κ2) is 8.57. The Balaban J connectivity index is 1.45. The lowest BCUT2D eigenvalue weighted by molar-refractivity contribution is -0.130. The van der Waals surface area contributed by atoms with Crippen LogP contribution in [0.3, 0.4) is 0 Å². The normalized spacial score (nSPS) is 17.1. The van der Waals surface area contributed by atoms with Crippen molar-refractivity contribution in [1.82, 2.24) is 4.90 Å². The maximum atomic E-state index is 12.3. The smallest absolute Gasteiger partial charge is 0.222 e. The number of nitrogens with zero attached hydrogens (tertiary/aromatic N) is 1. The largest absolute Gasteiger partial charge is 0.489 e. The van der Waals surface area contributed by atoms with Crippen molar-refractivity contribution in [3.05, 3.63) is 65.7 Å². The first-order chi connectivity index (χ1) is 12.9. The minimum absolute atomic E-state index is 0.0190. The number of aryl methyl sites for hydroxylation is 1. The monoisotopic (exact) mass is 387 g/mol. The Morgan fingerprint density at radius 2 is 1.78 bits per heavy atom. The second-order valence-corrected chi connectivity index (χ2v) is 9.32. The molecule has 1 atom stereocenters. The topological polar surface area (TPSA) is 63.7 Å². The number of ether oxygens (including phenoxy) is 1. The van der Waals surface area contributed by atoms with E-state index in [2.05, 4.69) is 0 Å². The fourth-order valence-corrected chi connectivity index (χ4v) is 4.19. The summed E-state index contributed by atoms with van der Waals surface area (Å²) < 4.78 is 29.0. The van der Waals surface area contributed by atoms with E-state index in [9.17, 15) is 13.2 Å². The summed E-state index contributed by atoms with van der Waals surface area (Å²) >= 11 is 0. The van der Waals surface area contributed by atoms with Gasteiger partial charge in [0.2, 0.25) is 5.91 Å². The zero-order valence-corrected chi connectivity index (χ0v) is 16.3. The molecule has 144 valence electrons. The standard InChI is InChI=1S/C21H25NO4S/c1-27(24,25)20-13-14-22(15-20)21(23)12-9-17-7-10-19(11-8-17)26-16-18-5-3-2-4-6-18/h2-8,10-11,20H,9,12-16H2,1H3. The van der Waals surface area contributed by atoms with Gasteiger partial charge in [-0.3, -0.25) is 4.79 Å². The zero-order chi connectivity index (χ0) is 19.3. The van der Waals surface area contributed by atoms with Gasteiger partial charge in [-0.25, -0.2) is 8.42 Å². The predicted octanol–water partition coefficient (Wildman–Crippen LogP) is 2.84. The van der Waals surface area contributed by atoms with Gasteiger partial charge in [0.25, 0.3) is 0 Å². The molecule has 1 heterocycles. The predicted molar refractivity (Wildman–Crippen MR) is 105 cm³/mol. The Morgan fingerprint density at radius 1 is 1.07 bits per heavy atom. The lowest BCUT2D eigenvalue weighted by Gasteiger charge is -2.16. The van der Waals surface area contributed by atoms with E-state index in [1.807, 2.05) is 54.6 Å². The Labute approximate surface area is 160 Å². The van der Waals surface area contributed by atoms with Crippen molar-refractivity contribution < 1.29 is 17.9 Å². The average molecular weight is 388 g/mol. The molecular weight excluding hydrogens is 362 g/mol. The van der Waals surface area contributed by atoms with Crippen LogP contribution in [0.15, 0.2) is 54.6 Å². The van der Waals surface area contributed by atoms with Gasteiger partial charge in [-0.1, -0.05) is 42.5 Å². The highest BCUT2D eigenvalue weighted by Gasteiger charge is 2.32. The molecule has 5 nitrogen and oxygen atoms in total. The van der Waals surface area contributed by atoms with Gasteiger partial charge in [0.1, 0.15) is 12.4 Å². The van der Waals surface area contributed by atoms with Crippen molar-refractivity contribution in [3.8, 4) is 5.75 Å². The number of benzene rings is 2. The Bertz CT molecular complexity index is 863. The number of carbonyl (C=O) groups is 1. The molecule has 0 radical (unpaired) electrons. The van der Waals surface area contributed by atoms with E-state index in [-0.39, 0.29) is 5.91 Å². The lowest BCUT2D eigenvalue weighted by atomic mass is 10.1. The molecule has 0 aliphatic carbocycles. The minimum Gasteiger partial charge on any atom is -0.489 e. The molecule has 1 aliphatic heterocycles. The van der Waals surface area contributed by atoms with Gasteiger partial charge in [0.15, 0.2) is 9.84 Å². The van der Waals surface area contributed by atoms with Crippen molar-refractivity contribution in [2.45, 2.75) is 31.1 Å². The molecule has 0 N–H and O–H groups in total. The van der Waals surface area contributed by atoms with E-state index < -0.39 is 15.1 Å². The molecule has 0 saturated carbocycles. The van der Waals surface area contributed by atoms with Crippen LogP contribution >= 0.6 is 0 Å². The number of hydrogen-bond donors (Lipinski definition) is 0. The van der Waals surface area contributed by atoms with Crippen LogP contribution in [-0.2, 0) is 27.7 Å². The first-order valence-electron chi connectivity index (χ1n) is 9.14. The number of rotatable bonds is 7. The van der Waals surface area contributed by atoms with E-state index in [4.69, 9.17) is 4.74 Å². The molecule has 0 bridgehead atoms. The Kier molecular flexibility index (Phi) is 6.16. The van der Waals surface area contributed by atoms with E-state index in [1.165, 1.54) is 6.26 Å². The molecule has 1 aliphatic rings. The van der Waals surface area contributed by atoms with Crippen molar-refractivity contribution in [2.75, 3.05) is 19.3 Å². The van der Waals surface area contributed by atoms with Crippen LogP contribution in [0.2, 0.25) is 0 Å². The summed E-state index contributed by atoms with van der Waals surface area (Å²) in [4.78, 5) is 14.0. The number of likely N-dealkylation sites (tertiary alicyclic amines) is 1. The van der Waals surface area contributed by atoms with Crippen molar-refractivity contribution in [3.63, 3.8) is 0 Å². The number of carbonyl (C=O) groups excluding carboxylic acids is 1. The van der Waals surface area contributed by atoms with Gasteiger partial charge >= 0.3 is 0 Å². The molecule has 1 amide bonds. The molecule has 0 spiro atoms. The molecular formula is C21H25NO4S. The Morgan fingerprint density at radius 3 is 2.41 bits per heavy atom. The van der Waals surface area contributed by atoms with Crippen molar-refractivity contribution in [2.24, 2.45) is 0 Å². The third-order valence-corrected chi connectivity index (χ3v) is 6.50. The highest BCUT2D eigenvalue weighted by atomic mass is 32.2. The quantitative estimate of drug-likeness (QED) is 0.733. The molecule has 1 unspecified atom stereocenters. The molecule has 27 heavy (non-hydrogen) atoms. The zero-order valence-electron chi connectivity index (χ0n) is 15.5. The summed E-state index contributed by atoms with van der Waals surface area (Å²) in [6.45, 7) is 1.38. The molecule has 6 heteroatoms. The maximum Gasteiger partial charge on any atom is 0.222 e. The van der Waals surface area contributed by atoms with Gasteiger partial charge in [0.05, 0.1) is 5.25 Å². The molecule has 2 aromatic carbocycles. The van der Waals surface area contributed by atoms with E-state index in [0.29, 0.717) is 39.0 Å². The molecule has 1 saturated heterocycles. The van der Waals surface area contributed by atoms with Crippen LogP contribution in [0.5, 0.6) is 5.75 Å². The van der Waals surface area contributed by atoms with Crippen LogP contribution in [-0.4, -0.2) is 43.8 Å². The minimum atomic E-state index is -3.07. The summed E-state index contributed by atoms with van der Waals surface area (Å²) in [6, 6.07) is 17.8. The van der Waals surface area contributed by atoms with Gasteiger partial charge in [0, 0.05) is 25.8 Å². The first-order valence-corrected chi connectivity index (χ1v) is 11.1. The van der Waals surface area contributed by atoms with Gasteiger partial charge in [-0.15, -0.1) is 0 Å². The van der Waals surface area contributed by atoms with Crippen molar-refractivity contribution >= 4 is 15.7 Å². The number of sulfone groups is 1. The fourth-order valence-electron chi connectivity index (χ4n) is 3.21. The SMILES string of the molecule is CS(=O)(=O)C1CCN(C(=O)CCc2ccc(OCc3ccccc3)cc2)C1. The number of hydrogen-bond acceptors (Lipinski definition) is 4.